The van der Waals surface area contributed by atoms with E-state index in [4.69, 9.17) is 21.1 Å². The second-order valence-corrected chi connectivity index (χ2v) is 6.47. The van der Waals surface area contributed by atoms with E-state index in [1.807, 2.05) is 25.1 Å². The number of amides is 1. The third-order valence-electron chi connectivity index (χ3n) is 3.94. The highest BCUT2D eigenvalue weighted by Crippen LogP contribution is 2.38. The average Bonchev–Trinajstić information content (AvgIpc) is 3.33. The molecule has 0 spiro atoms. The predicted octanol–water partition coefficient (Wildman–Crippen LogP) is 4.27. The van der Waals surface area contributed by atoms with Crippen LogP contribution < -0.4 is 10.1 Å². The average molecular weight is 360 g/mol. The molecule has 2 atom stereocenters. The van der Waals surface area contributed by atoms with Crippen LogP contribution in [0.3, 0.4) is 0 Å². The first-order valence-electron chi connectivity index (χ1n) is 8.02. The molecule has 1 saturated carbocycles. The summed E-state index contributed by atoms with van der Waals surface area (Å²) in [6.07, 6.45) is 0.823. The van der Waals surface area contributed by atoms with Gasteiger partial charge in [0.15, 0.2) is 12.4 Å². The minimum absolute atomic E-state index is 0.0732. The molecule has 2 aromatic rings. The number of rotatable bonds is 6. The van der Waals surface area contributed by atoms with Crippen LogP contribution in [0.15, 0.2) is 48.5 Å². The molecule has 1 N–H and O–H groups in total. The van der Waals surface area contributed by atoms with Gasteiger partial charge in [-0.2, -0.15) is 0 Å². The molecule has 0 saturated heterocycles. The van der Waals surface area contributed by atoms with E-state index in [0.29, 0.717) is 28.1 Å². The quantitative estimate of drug-likeness (QED) is 0.782. The summed E-state index contributed by atoms with van der Waals surface area (Å²) in [4.78, 5) is 23.8. The van der Waals surface area contributed by atoms with Crippen molar-refractivity contribution in [3.63, 3.8) is 0 Å². The lowest BCUT2D eigenvalue weighted by atomic mass is 10.2. The molecule has 0 aliphatic heterocycles. The van der Waals surface area contributed by atoms with Crippen molar-refractivity contribution in [1.29, 1.82) is 0 Å². The van der Waals surface area contributed by atoms with Crippen LogP contribution in [-0.2, 0) is 14.3 Å². The van der Waals surface area contributed by atoms with Crippen LogP contribution in [0.4, 0.5) is 5.69 Å². The molecule has 1 aliphatic rings. The molecular formula is C19H18ClNO4. The van der Waals surface area contributed by atoms with E-state index in [0.717, 1.165) is 6.42 Å². The number of ether oxygens (including phenoxy) is 2. The van der Waals surface area contributed by atoms with Crippen LogP contribution in [-0.4, -0.2) is 18.5 Å². The maximum absolute atomic E-state index is 12.1. The first-order chi connectivity index (χ1) is 12.0. The summed E-state index contributed by atoms with van der Waals surface area (Å²) in [6, 6.07) is 14.1. The van der Waals surface area contributed by atoms with Gasteiger partial charge in [-0.25, -0.2) is 0 Å². The number of anilines is 1. The summed E-state index contributed by atoms with van der Waals surface area (Å²) in [5, 5.41) is 3.13. The van der Waals surface area contributed by atoms with E-state index in [-0.39, 0.29) is 18.5 Å². The Hall–Kier alpha value is -2.53. The SMILES string of the molecule is C[C@H]1C[C@H]1C(=O)OCC(=O)Nc1cc(Cl)ccc1Oc1ccccc1. The first kappa shape index (κ1) is 17.3. The van der Waals surface area contributed by atoms with Crippen LogP contribution in [0.1, 0.15) is 13.3 Å². The molecule has 3 rings (SSSR count). The molecule has 130 valence electrons. The van der Waals surface area contributed by atoms with Gasteiger partial charge in [-0.3, -0.25) is 9.59 Å². The topological polar surface area (TPSA) is 64.6 Å². The number of carbonyl (C=O) groups is 2. The lowest BCUT2D eigenvalue weighted by Crippen LogP contribution is -2.22. The highest BCUT2D eigenvalue weighted by atomic mass is 35.5. The maximum Gasteiger partial charge on any atom is 0.309 e. The van der Waals surface area contributed by atoms with Gasteiger partial charge in [-0.15, -0.1) is 0 Å². The fraction of sp³-hybridized carbons (Fsp3) is 0.263. The van der Waals surface area contributed by atoms with Crippen molar-refractivity contribution in [2.45, 2.75) is 13.3 Å². The fourth-order valence-corrected chi connectivity index (χ4v) is 2.56. The highest BCUT2D eigenvalue weighted by molar-refractivity contribution is 6.31. The summed E-state index contributed by atoms with van der Waals surface area (Å²) >= 11 is 6.00. The summed E-state index contributed by atoms with van der Waals surface area (Å²) in [7, 11) is 0. The zero-order valence-corrected chi connectivity index (χ0v) is 14.5. The highest BCUT2D eigenvalue weighted by Gasteiger charge is 2.40. The number of halogens is 1. The van der Waals surface area contributed by atoms with Gasteiger partial charge in [0.05, 0.1) is 11.6 Å². The molecule has 25 heavy (non-hydrogen) atoms. The summed E-state index contributed by atoms with van der Waals surface area (Å²) in [6.45, 7) is 1.64. The summed E-state index contributed by atoms with van der Waals surface area (Å²) < 4.78 is 10.8. The van der Waals surface area contributed by atoms with E-state index in [9.17, 15) is 9.59 Å². The van der Waals surface area contributed by atoms with Crippen molar-refractivity contribution in [2.24, 2.45) is 11.8 Å². The third-order valence-corrected chi connectivity index (χ3v) is 4.18. The lowest BCUT2D eigenvalue weighted by Gasteiger charge is -2.13. The van der Waals surface area contributed by atoms with Gasteiger partial charge >= 0.3 is 5.97 Å². The van der Waals surface area contributed by atoms with Crippen LogP contribution >= 0.6 is 11.6 Å². The molecule has 0 unspecified atom stereocenters. The van der Waals surface area contributed by atoms with Gasteiger partial charge in [0.1, 0.15) is 5.75 Å². The van der Waals surface area contributed by atoms with Crippen molar-refractivity contribution in [3.8, 4) is 11.5 Å². The number of hydrogen-bond acceptors (Lipinski definition) is 4. The van der Waals surface area contributed by atoms with E-state index in [1.165, 1.54) is 0 Å². The second kappa shape index (κ2) is 7.57. The van der Waals surface area contributed by atoms with Crippen molar-refractivity contribution < 1.29 is 19.1 Å². The second-order valence-electron chi connectivity index (χ2n) is 6.03. The van der Waals surface area contributed by atoms with Gasteiger partial charge in [0.25, 0.3) is 5.91 Å². The van der Waals surface area contributed by atoms with Crippen LogP contribution in [0.2, 0.25) is 5.02 Å². The van der Waals surface area contributed by atoms with Gasteiger partial charge in [0.2, 0.25) is 0 Å². The van der Waals surface area contributed by atoms with Crippen molar-refractivity contribution >= 4 is 29.2 Å². The molecule has 1 amide bonds. The molecule has 1 aliphatic carbocycles. The van der Waals surface area contributed by atoms with Crippen LogP contribution in [0, 0.1) is 11.8 Å². The van der Waals surface area contributed by atoms with E-state index in [1.54, 1.807) is 30.3 Å². The predicted molar refractivity (Wildman–Crippen MR) is 94.8 cm³/mol. The number of hydrogen-bond donors (Lipinski definition) is 1. The van der Waals surface area contributed by atoms with Gasteiger partial charge in [0, 0.05) is 5.02 Å². The molecule has 0 radical (unpaired) electrons. The zero-order valence-electron chi connectivity index (χ0n) is 13.7. The Balaban J connectivity index is 1.63. The number of benzene rings is 2. The molecule has 0 heterocycles. The van der Waals surface area contributed by atoms with Gasteiger partial charge in [-0.1, -0.05) is 36.7 Å². The van der Waals surface area contributed by atoms with E-state index >= 15 is 0 Å². The number of esters is 1. The number of para-hydroxylation sites is 1. The normalized spacial score (nSPS) is 18.3. The van der Waals surface area contributed by atoms with Crippen LogP contribution in [0.25, 0.3) is 0 Å². The Morgan fingerprint density at radius 3 is 2.60 bits per heavy atom. The van der Waals surface area contributed by atoms with Crippen molar-refractivity contribution in [3.05, 3.63) is 53.6 Å². The maximum atomic E-state index is 12.1. The third kappa shape index (κ3) is 4.73. The van der Waals surface area contributed by atoms with Crippen molar-refractivity contribution in [2.75, 3.05) is 11.9 Å². The molecular weight excluding hydrogens is 342 g/mol. The van der Waals surface area contributed by atoms with Gasteiger partial charge in [-0.05, 0) is 42.7 Å². The standard InChI is InChI=1S/C19H18ClNO4/c1-12-9-15(12)19(23)24-11-18(22)21-16-10-13(20)7-8-17(16)25-14-5-3-2-4-6-14/h2-8,10,12,15H,9,11H2,1H3,(H,21,22)/t12-,15+/m0/s1. The molecule has 0 aromatic heterocycles. The minimum atomic E-state index is -0.443. The first-order valence-corrected chi connectivity index (χ1v) is 8.39. The Morgan fingerprint density at radius 1 is 1.20 bits per heavy atom. The Kier molecular flexibility index (Phi) is 5.24. The molecule has 2 aromatic carbocycles. The largest absolute Gasteiger partial charge is 0.455 e. The fourth-order valence-electron chi connectivity index (χ4n) is 2.38. The lowest BCUT2D eigenvalue weighted by molar-refractivity contribution is -0.148. The Bertz CT molecular complexity index is 778. The zero-order chi connectivity index (χ0) is 17.8. The number of nitrogens with one attached hydrogen (secondary N) is 1. The summed E-state index contributed by atoms with van der Waals surface area (Å²) in [5.74, 6) is 0.585. The Morgan fingerprint density at radius 2 is 1.92 bits per heavy atom. The van der Waals surface area contributed by atoms with E-state index in [2.05, 4.69) is 5.32 Å². The van der Waals surface area contributed by atoms with Gasteiger partial charge < -0.3 is 14.8 Å². The van der Waals surface area contributed by atoms with Crippen molar-refractivity contribution in [1.82, 2.24) is 0 Å². The molecule has 5 nitrogen and oxygen atoms in total. The van der Waals surface area contributed by atoms with Crippen LogP contribution in [0.5, 0.6) is 11.5 Å². The monoisotopic (exact) mass is 359 g/mol. The minimum Gasteiger partial charge on any atom is -0.455 e. The van der Waals surface area contributed by atoms with E-state index < -0.39 is 5.91 Å². The molecule has 6 heteroatoms. The number of carbonyl (C=O) groups excluding carboxylic acids is 2. The Labute approximate surface area is 150 Å². The smallest absolute Gasteiger partial charge is 0.309 e. The summed E-state index contributed by atoms with van der Waals surface area (Å²) in [5.41, 5.74) is 0.414. The molecule has 1 fully saturated rings. The molecule has 0 bridgehead atoms.